The highest BCUT2D eigenvalue weighted by Gasteiger charge is 2.22. The minimum atomic E-state index is -0.717. The van der Waals surface area contributed by atoms with Crippen molar-refractivity contribution in [2.45, 2.75) is 0 Å². The van der Waals surface area contributed by atoms with E-state index in [1.807, 2.05) is 115 Å². The predicted molar refractivity (Wildman–Crippen MR) is 220 cm³/mol. The molecule has 0 unspecified atom stereocenters. The molecule has 0 aliphatic heterocycles. The van der Waals surface area contributed by atoms with Crippen molar-refractivity contribution in [3.05, 3.63) is 200 Å². The molecule has 0 aliphatic carbocycles. The van der Waals surface area contributed by atoms with Gasteiger partial charge in [-0.3, -0.25) is 0 Å². The van der Waals surface area contributed by atoms with Gasteiger partial charge in [0, 0.05) is 22.1 Å². The van der Waals surface area contributed by atoms with Gasteiger partial charge >= 0.3 is 0 Å². The molecular formula is C50H33NO. The van der Waals surface area contributed by atoms with E-state index in [1.165, 1.54) is 0 Å². The summed E-state index contributed by atoms with van der Waals surface area (Å²) >= 11 is 0. The average Bonchev–Trinajstić information content (AvgIpc) is 3.73. The molecule has 0 N–H and O–H groups in total. The second-order valence-corrected chi connectivity index (χ2v) is 12.3. The minimum Gasteiger partial charge on any atom is -0.455 e. The van der Waals surface area contributed by atoms with Crippen LogP contribution in [0.3, 0.4) is 0 Å². The van der Waals surface area contributed by atoms with Gasteiger partial charge in [0.1, 0.15) is 11.2 Å². The lowest BCUT2D eigenvalue weighted by Crippen LogP contribution is -2.10. The first-order valence-electron chi connectivity index (χ1n) is 23.2. The Balaban J connectivity index is 1.33. The fraction of sp³-hybridized carbons (Fsp3) is 0. The summed E-state index contributed by atoms with van der Waals surface area (Å²) in [6, 6.07) is 30.9. The van der Waals surface area contributed by atoms with E-state index >= 15 is 0 Å². The highest BCUT2D eigenvalue weighted by Crippen LogP contribution is 2.46. The minimum absolute atomic E-state index is 0.00589. The zero-order valence-electron chi connectivity index (χ0n) is 40.4. The van der Waals surface area contributed by atoms with E-state index in [4.69, 9.17) is 19.5 Å². The topological polar surface area (TPSA) is 16.4 Å². The van der Waals surface area contributed by atoms with E-state index in [0.717, 1.165) is 33.0 Å². The molecule has 9 aromatic carbocycles. The van der Waals surface area contributed by atoms with Crippen LogP contribution in [-0.4, -0.2) is 0 Å². The summed E-state index contributed by atoms with van der Waals surface area (Å²) in [4.78, 5) is 1.71. The number of rotatable bonds is 6. The van der Waals surface area contributed by atoms with Crippen molar-refractivity contribution in [1.29, 1.82) is 0 Å². The summed E-state index contributed by atoms with van der Waals surface area (Å²) < 4.78 is 123. The number of benzene rings is 9. The van der Waals surface area contributed by atoms with Gasteiger partial charge in [0.25, 0.3) is 0 Å². The Morgan fingerprint density at radius 3 is 1.81 bits per heavy atom. The Labute approximate surface area is 320 Å². The van der Waals surface area contributed by atoms with Crippen molar-refractivity contribution in [3.63, 3.8) is 0 Å². The van der Waals surface area contributed by atoms with Crippen LogP contribution in [0.15, 0.2) is 204 Å². The lowest BCUT2D eigenvalue weighted by molar-refractivity contribution is 0.672. The van der Waals surface area contributed by atoms with Crippen LogP contribution in [0.25, 0.3) is 76.9 Å². The third-order valence-corrected chi connectivity index (χ3v) is 9.33. The maximum Gasteiger partial charge on any atom is 0.143 e. The second-order valence-electron chi connectivity index (χ2n) is 12.3. The van der Waals surface area contributed by atoms with E-state index in [-0.39, 0.29) is 44.0 Å². The summed E-state index contributed by atoms with van der Waals surface area (Å²) in [5.41, 5.74) is 3.38. The number of hydrogen-bond acceptors (Lipinski definition) is 2. The molecule has 0 aliphatic rings. The number of anilines is 3. The zero-order chi connectivity index (χ0) is 45.7. The molecule has 1 aromatic heterocycles. The lowest BCUT2D eigenvalue weighted by atomic mass is 9.95. The van der Waals surface area contributed by atoms with Crippen molar-refractivity contribution in [3.8, 4) is 33.4 Å². The van der Waals surface area contributed by atoms with Crippen molar-refractivity contribution < 1.29 is 22.2 Å². The molecule has 0 saturated heterocycles. The van der Waals surface area contributed by atoms with Crippen molar-refractivity contribution in [2.24, 2.45) is 0 Å². The first-order chi connectivity index (χ1) is 31.2. The van der Waals surface area contributed by atoms with Crippen molar-refractivity contribution in [2.75, 3.05) is 4.90 Å². The second kappa shape index (κ2) is 12.5. The van der Waals surface area contributed by atoms with Crippen LogP contribution >= 0.6 is 0 Å². The van der Waals surface area contributed by atoms with Crippen LogP contribution in [-0.2, 0) is 0 Å². The maximum atomic E-state index is 9.95. The highest BCUT2D eigenvalue weighted by atomic mass is 16.3. The van der Waals surface area contributed by atoms with Gasteiger partial charge in [-0.2, -0.15) is 0 Å². The Hall–Kier alpha value is -6.90. The first-order valence-corrected chi connectivity index (χ1v) is 16.7. The average molecular weight is 677 g/mol. The van der Waals surface area contributed by atoms with Gasteiger partial charge in [0.2, 0.25) is 0 Å². The van der Waals surface area contributed by atoms with Crippen molar-refractivity contribution >= 4 is 60.5 Å². The Morgan fingerprint density at radius 1 is 0.442 bits per heavy atom. The molecule has 244 valence electrons. The van der Waals surface area contributed by atoms with E-state index in [9.17, 15) is 2.74 Å². The van der Waals surface area contributed by atoms with Crippen LogP contribution in [0.4, 0.5) is 17.1 Å². The summed E-state index contributed by atoms with van der Waals surface area (Å²) in [5.74, 6) is 0. The lowest BCUT2D eigenvalue weighted by Gasteiger charge is -2.26. The zero-order valence-corrected chi connectivity index (χ0v) is 27.4. The van der Waals surface area contributed by atoms with Crippen LogP contribution in [0.1, 0.15) is 17.8 Å². The van der Waals surface area contributed by atoms with E-state index in [0.29, 0.717) is 11.4 Å². The molecule has 0 fully saturated rings. The molecule has 2 nitrogen and oxygen atoms in total. The van der Waals surface area contributed by atoms with E-state index < -0.39 is 84.1 Å². The van der Waals surface area contributed by atoms with Gasteiger partial charge in [-0.1, -0.05) is 151 Å². The Morgan fingerprint density at radius 2 is 1.06 bits per heavy atom. The maximum absolute atomic E-state index is 9.95. The van der Waals surface area contributed by atoms with Gasteiger partial charge in [-0.15, -0.1) is 0 Å². The number of nitrogens with zero attached hydrogens (tertiary/aromatic N) is 1. The fourth-order valence-corrected chi connectivity index (χ4v) is 6.85. The molecule has 1 heterocycles. The van der Waals surface area contributed by atoms with Gasteiger partial charge in [-0.05, 0) is 98.0 Å². The van der Waals surface area contributed by atoms with Gasteiger partial charge in [-0.25, -0.2) is 0 Å². The van der Waals surface area contributed by atoms with Crippen molar-refractivity contribution in [1.82, 2.24) is 0 Å². The van der Waals surface area contributed by atoms with E-state index in [1.54, 1.807) is 4.90 Å². The smallest absolute Gasteiger partial charge is 0.143 e. The monoisotopic (exact) mass is 676 g/mol. The van der Waals surface area contributed by atoms with Gasteiger partial charge < -0.3 is 9.32 Å². The first kappa shape index (κ1) is 19.5. The highest BCUT2D eigenvalue weighted by molar-refractivity contribution is 6.22. The standard InChI is InChI=1S/C50H33NO/c1-3-12-34(13-4-1)36-24-28-41(29-25-36)51(42-30-26-37(27-31-42)40-23-22-35-14-7-8-17-39(35)32-40)47-20-11-21-48-49(47)46-33-45(38-15-5-2-6-16-38)43-18-9-10-19-44(43)50(46)52-48/h1-33H/i2D,5D,6D,9D,10D,11D,15D,16D,18D,19D,20D,21D,33D. The Bertz CT molecular complexity index is 3600. The van der Waals surface area contributed by atoms with Crippen LogP contribution < -0.4 is 4.90 Å². The SMILES string of the molecule is [2H]c1c([2H])c([2H])c(-c2c([2H])c3c(oc4c([2H])c([2H])c([2H])c(N(c5ccc(-c6ccccc6)cc5)c5ccc(-c6ccc7ccccc7c6)cc5)c43)c3c([2H])c([2H])c([2H])c([2H])c23)c([2H])c1[2H]. The fourth-order valence-electron chi connectivity index (χ4n) is 6.85. The van der Waals surface area contributed by atoms with Crippen LogP contribution in [0, 0.1) is 0 Å². The van der Waals surface area contributed by atoms with Crippen LogP contribution in [0.2, 0.25) is 0 Å². The number of fused-ring (bicyclic) bond motifs is 6. The molecule has 0 spiro atoms. The summed E-state index contributed by atoms with van der Waals surface area (Å²) in [7, 11) is 0. The number of hydrogen-bond donors (Lipinski definition) is 0. The molecule has 0 bridgehead atoms. The molecule has 10 aromatic rings. The quantitative estimate of drug-likeness (QED) is 0.174. The molecular weight excluding hydrogens is 631 g/mol. The van der Waals surface area contributed by atoms with Gasteiger partial charge in [0.05, 0.1) is 28.9 Å². The molecule has 0 saturated carbocycles. The summed E-state index contributed by atoms with van der Waals surface area (Å²) in [5, 5.41) is 1.40. The summed E-state index contributed by atoms with van der Waals surface area (Å²) in [6.45, 7) is 0. The number of furan rings is 1. The third-order valence-electron chi connectivity index (χ3n) is 9.33. The summed E-state index contributed by atoms with van der Waals surface area (Å²) in [6.07, 6.45) is 0. The predicted octanol–water partition coefficient (Wildman–Crippen LogP) is 14.4. The normalized spacial score (nSPS) is 15.0. The van der Waals surface area contributed by atoms with E-state index in [2.05, 4.69) is 6.07 Å². The van der Waals surface area contributed by atoms with Crippen LogP contribution in [0.5, 0.6) is 0 Å². The third kappa shape index (κ3) is 5.12. The molecule has 52 heavy (non-hydrogen) atoms. The molecule has 0 amide bonds. The molecule has 0 atom stereocenters. The Kier molecular flexibility index (Phi) is 4.67. The molecule has 2 heteroatoms. The largest absolute Gasteiger partial charge is 0.455 e. The van der Waals surface area contributed by atoms with Gasteiger partial charge in [0.15, 0.2) is 0 Å². The molecule has 10 rings (SSSR count). The molecule has 0 radical (unpaired) electrons.